The average Bonchev–Trinajstić information content (AvgIpc) is 2.87. The van der Waals surface area contributed by atoms with E-state index in [1.54, 1.807) is 10.7 Å². The molecule has 0 aliphatic carbocycles. The summed E-state index contributed by atoms with van der Waals surface area (Å²) in [5.74, 6) is 0.576. The Balaban J connectivity index is 2.25. The molecule has 0 atom stereocenters. The van der Waals surface area contributed by atoms with Crippen molar-refractivity contribution >= 4 is 16.9 Å². The standard InChI is InChI=1S/C16H18FN5/c1-4-21(5-2)15-14-11(3)20-22(16(14)19-10-18-15)13-8-6-7-12(17)9-13/h6-10H,4-5H2,1-3H3. The molecule has 2 heterocycles. The molecule has 0 saturated carbocycles. The lowest BCUT2D eigenvalue weighted by atomic mass is 10.2. The van der Waals surface area contributed by atoms with E-state index in [0.717, 1.165) is 30.0 Å². The van der Waals surface area contributed by atoms with Gasteiger partial charge in [-0.1, -0.05) is 6.07 Å². The molecule has 3 rings (SSSR count). The van der Waals surface area contributed by atoms with E-state index in [1.807, 2.05) is 13.0 Å². The molecule has 6 heteroatoms. The fraction of sp³-hybridized carbons (Fsp3) is 0.312. The van der Waals surface area contributed by atoms with Gasteiger partial charge in [0.1, 0.15) is 18.0 Å². The van der Waals surface area contributed by atoms with Crippen LogP contribution in [0.1, 0.15) is 19.5 Å². The summed E-state index contributed by atoms with van der Waals surface area (Å²) >= 11 is 0. The highest BCUT2D eigenvalue weighted by Gasteiger charge is 2.18. The highest BCUT2D eigenvalue weighted by molar-refractivity contribution is 5.90. The number of nitrogens with zero attached hydrogens (tertiary/aromatic N) is 5. The van der Waals surface area contributed by atoms with Crippen LogP contribution in [0, 0.1) is 12.7 Å². The molecule has 0 radical (unpaired) electrons. The fourth-order valence-electron chi connectivity index (χ4n) is 2.65. The Kier molecular flexibility index (Phi) is 3.75. The summed E-state index contributed by atoms with van der Waals surface area (Å²) in [4.78, 5) is 10.9. The van der Waals surface area contributed by atoms with Gasteiger partial charge in [0.25, 0.3) is 0 Å². The monoisotopic (exact) mass is 299 g/mol. The molecule has 0 aliphatic heterocycles. The van der Waals surface area contributed by atoms with Crippen LogP contribution in [0.4, 0.5) is 10.2 Å². The highest BCUT2D eigenvalue weighted by atomic mass is 19.1. The molecule has 0 bridgehead atoms. The molecule has 0 saturated heterocycles. The summed E-state index contributed by atoms with van der Waals surface area (Å²) in [6.07, 6.45) is 1.53. The minimum absolute atomic E-state index is 0.295. The third-order valence-electron chi connectivity index (χ3n) is 3.74. The van der Waals surface area contributed by atoms with Crippen LogP contribution >= 0.6 is 0 Å². The van der Waals surface area contributed by atoms with Gasteiger partial charge < -0.3 is 4.90 Å². The number of hydrogen-bond donors (Lipinski definition) is 0. The van der Waals surface area contributed by atoms with Gasteiger partial charge in [-0.15, -0.1) is 0 Å². The number of hydrogen-bond acceptors (Lipinski definition) is 4. The Morgan fingerprint density at radius 2 is 1.95 bits per heavy atom. The van der Waals surface area contributed by atoms with Gasteiger partial charge in [0.15, 0.2) is 5.65 Å². The highest BCUT2D eigenvalue weighted by Crippen LogP contribution is 2.27. The number of benzene rings is 1. The van der Waals surface area contributed by atoms with Crippen molar-refractivity contribution in [3.05, 3.63) is 42.1 Å². The molecule has 0 fully saturated rings. The zero-order chi connectivity index (χ0) is 15.7. The van der Waals surface area contributed by atoms with Crippen LogP contribution in [0.2, 0.25) is 0 Å². The van der Waals surface area contributed by atoms with Gasteiger partial charge in [-0.2, -0.15) is 5.10 Å². The van der Waals surface area contributed by atoms with E-state index in [0.29, 0.717) is 11.3 Å². The molecule has 0 unspecified atom stereocenters. The molecule has 3 aromatic rings. The van der Waals surface area contributed by atoms with Gasteiger partial charge in [-0.25, -0.2) is 19.0 Å². The lowest BCUT2D eigenvalue weighted by Crippen LogP contribution is -2.23. The normalized spacial score (nSPS) is 11.1. The van der Waals surface area contributed by atoms with Crippen molar-refractivity contribution in [2.45, 2.75) is 20.8 Å². The molecule has 1 aromatic carbocycles. The molecule has 0 spiro atoms. The summed E-state index contributed by atoms with van der Waals surface area (Å²) in [6, 6.07) is 6.34. The zero-order valence-electron chi connectivity index (χ0n) is 12.9. The van der Waals surface area contributed by atoms with Gasteiger partial charge >= 0.3 is 0 Å². The van der Waals surface area contributed by atoms with Crippen LogP contribution in [0.15, 0.2) is 30.6 Å². The lowest BCUT2D eigenvalue weighted by Gasteiger charge is -2.20. The molecule has 0 aliphatic rings. The second-order valence-corrected chi connectivity index (χ2v) is 5.05. The largest absolute Gasteiger partial charge is 0.356 e. The molecular formula is C16H18FN5. The zero-order valence-corrected chi connectivity index (χ0v) is 12.9. The topological polar surface area (TPSA) is 46.8 Å². The minimum atomic E-state index is -0.295. The van der Waals surface area contributed by atoms with Crippen LogP contribution in [-0.2, 0) is 0 Å². The number of aromatic nitrogens is 4. The Morgan fingerprint density at radius 1 is 1.18 bits per heavy atom. The van der Waals surface area contributed by atoms with E-state index >= 15 is 0 Å². The quantitative estimate of drug-likeness (QED) is 0.742. The van der Waals surface area contributed by atoms with Crippen LogP contribution in [-0.4, -0.2) is 32.8 Å². The van der Waals surface area contributed by atoms with Gasteiger partial charge in [-0.3, -0.25) is 0 Å². The first-order valence-corrected chi connectivity index (χ1v) is 7.37. The van der Waals surface area contributed by atoms with Crippen molar-refractivity contribution in [3.8, 4) is 5.69 Å². The van der Waals surface area contributed by atoms with E-state index in [4.69, 9.17) is 0 Å². The maximum atomic E-state index is 13.5. The lowest BCUT2D eigenvalue weighted by molar-refractivity contribution is 0.625. The van der Waals surface area contributed by atoms with Crippen molar-refractivity contribution in [2.24, 2.45) is 0 Å². The molecule has 22 heavy (non-hydrogen) atoms. The van der Waals surface area contributed by atoms with Gasteiger partial charge in [-0.05, 0) is 39.0 Å². The van der Waals surface area contributed by atoms with Crippen LogP contribution in [0.25, 0.3) is 16.7 Å². The second-order valence-electron chi connectivity index (χ2n) is 5.05. The molecule has 0 amide bonds. The number of halogens is 1. The first-order valence-electron chi connectivity index (χ1n) is 7.37. The second kappa shape index (κ2) is 5.71. The molecule has 0 N–H and O–H groups in total. The van der Waals surface area contributed by atoms with Crippen molar-refractivity contribution in [1.29, 1.82) is 0 Å². The number of fused-ring (bicyclic) bond motifs is 1. The Hall–Kier alpha value is -2.50. The fourth-order valence-corrected chi connectivity index (χ4v) is 2.65. The third kappa shape index (κ3) is 2.30. The van der Waals surface area contributed by atoms with E-state index in [1.165, 1.54) is 18.5 Å². The predicted octanol–water partition coefficient (Wildman–Crippen LogP) is 3.11. The molecule has 2 aromatic heterocycles. The summed E-state index contributed by atoms with van der Waals surface area (Å²) in [5, 5.41) is 5.45. The third-order valence-corrected chi connectivity index (χ3v) is 3.74. The predicted molar refractivity (Wildman–Crippen MR) is 84.9 cm³/mol. The number of anilines is 1. The van der Waals surface area contributed by atoms with Gasteiger partial charge in [0, 0.05) is 13.1 Å². The van der Waals surface area contributed by atoms with E-state index in [-0.39, 0.29) is 5.82 Å². The summed E-state index contributed by atoms with van der Waals surface area (Å²) in [6.45, 7) is 7.81. The minimum Gasteiger partial charge on any atom is -0.356 e. The Morgan fingerprint density at radius 3 is 2.64 bits per heavy atom. The van der Waals surface area contributed by atoms with Crippen molar-refractivity contribution in [3.63, 3.8) is 0 Å². The van der Waals surface area contributed by atoms with Crippen LogP contribution in [0.3, 0.4) is 0 Å². The van der Waals surface area contributed by atoms with Crippen molar-refractivity contribution < 1.29 is 4.39 Å². The van der Waals surface area contributed by atoms with Crippen molar-refractivity contribution in [1.82, 2.24) is 19.7 Å². The molecule has 114 valence electrons. The summed E-state index contributed by atoms with van der Waals surface area (Å²) < 4.78 is 15.2. The van der Waals surface area contributed by atoms with Gasteiger partial charge in [0.05, 0.1) is 16.8 Å². The maximum absolute atomic E-state index is 13.5. The Bertz CT molecular complexity index is 807. The average molecular weight is 299 g/mol. The summed E-state index contributed by atoms with van der Waals surface area (Å²) in [7, 11) is 0. The summed E-state index contributed by atoms with van der Waals surface area (Å²) in [5.41, 5.74) is 2.18. The van der Waals surface area contributed by atoms with Crippen LogP contribution < -0.4 is 4.90 Å². The Labute approximate surface area is 128 Å². The molecular weight excluding hydrogens is 281 g/mol. The maximum Gasteiger partial charge on any atom is 0.168 e. The van der Waals surface area contributed by atoms with E-state index in [2.05, 4.69) is 33.8 Å². The van der Waals surface area contributed by atoms with Crippen molar-refractivity contribution in [2.75, 3.05) is 18.0 Å². The van der Waals surface area contributed by atoms with E-state index in [9.17, 15) is 4.39 Å². The van der Waals surface area contributed by atoms with Crippen LogP contribution in [0.5, 0.6) is 0 Å². The number of aryl methyl sites for hydroxylation is 1. The van der Waals surface area contributed by atoms with E-state index < -0.39 is 0 Å². The first kappa shape index (κ1) is 14.4. The smallest absolute Gasteiger partial charge is 0.168 e. The number of rotatable bonds is 4. The molecule has 5 nitrogen and oxygen atoms in total. The van der Waals surface area contributed by atoms with Gasteiger partial charge in [0.2, 0.25) is 0 Å². The first-order chi connectivity index (χ1) is 10.7. The SMILES string of the molecule is CCN(CC)c1ncnc2c1c(C)nn2-c1cccc(F)c1.